The third-order valence-corrected chi connectivity index (χ3v) is 3.98. The van der Waals surface area contributed by atoms with Crippen LogP contribution in [0.5, 0.6) is 0 Å². The molecule has 1 fully saturated rings. The van der Waals surface area contributed by atoms with Crippen molar-refractivity contribution in [2.24, 2.45) is 16.8 Å². The van der Waals surface area contributed by atoms with Crippen LogP contribution in [0, 0.1) is 5.92 Å². The highest BCUT2D eigenvalue weighted by Crippen LogP contribution is 2.21. The maximum Gasteiger partial charge on any atom is 0.410 e. The van der Waals surface area contributed by atoms with Crippen molar-refractivity contribution >= 4 is 17.8 Å². The number of nitrogens with zero attached hydrogens (tertiary/aromatic N) is 2. The predicted molar refractivity (Wildman–Crippen MR) is 100.0 cm³/mol. The number of carbonyl (C=O) groups is 2. The minimum atomic E-state index is -0.954. The zero-order chi connectivity index (χ0) is 20.0. The quantitative estimate of drug-likeness (QED) is 0.621. The van der Waals surface area contributed by atoms with Gasteiger partial charge in [-0.3, -0.25) is 4.79 Å². The molecule has 0 saturated carbocycles. The number of esters is 1. The summed E-state index contributed by atoms with van der Waals surface area (Å²) < 4.78 is 10.7. The maximum absolute atomic E-state index is 12.4. The largest absolute Gasteiger partial charge is 0.459 e. The van der Waals surface area contributed by atoms with Gasteiger partial charge in [0.05, 0.1) is 12.3 Å². The van der Waals surface area contributed by atoms with Gasteiger partial charge in [0.2, 0.25) is 0 Å². The van der Waals surface area contributed by atoms with Gasteiger partial charge in [-0.05, 0) is 26.3 Å². The highest BCUT2D eigenvalue weighted by atomic mass is 16.6. The number of hydrogen-bond donors (Lipinski definition) is 1. The van der Waals surface area contributed by atoms with Crippen molar-refractivity contribution in [1.82, 2.24) is 4.90 Å². The molecule has 27 heavy (non-hydrogen) atoms. The fourth-order valence-corrected chi connectivity index (χ4v) is 2.74. The van der Waals surface area contributed by atoms with E-state index >= 15 is 0 Å². The Morgan fingerprint density at radius 1 is 1.30 bits per heavy atom. The molecule has 148 valence electrons. The molecule has 2 N–H and O–H groups in total. The molecule has 1 saturated heterocycles. The summed E-state index contributed by atoms with van der Waals surface area (Å²) in [6.45, 7) is 5.85. The molecular formula is C19H27N3O5. The molecular weight excluding hydrogens is 350 g/mol. The molecule has 8 heteroatoms. The van der Waals surface area contributed by atoms with Gasteiger partial charge >= 0.3 is 12.1 Å². The van der Waals surface area contributed by atoms with Gasteiger partial charge in [0.25, 0.3) is 0 Å². The average molecular weight is 377 g/mol. The van der Waals surface area contributed by atoms with Crippen molar-refractivity contribution in [2.75, 3.05) is 20.2 Å². The topological polar surface area (TPSA) is 103 Å². The number of hydrogen-bond acceptors (Lipinski definition) is 7. The van der Waals surface area contributed by atoms with Crippen molar-refractivity contribution in [1.29, 1.82) is 0 Å². The Labute approximate surface area is 159 Å². The molecule has 1 heterocycles. The lowest BCUT2D eigenvalue weighted by Crippen LogP contribution is -2.45. The van der Waals surface area contributed by atoms with E-state index in [0.717, 1.165) is 5.56 Å². The summed E-state index contributed by atoms with van der Waals surface area (Å²) in [5, 5.41) is 3.94. The molecule has 0 aromatic heterocycles. The van der Waals surface area contributed by atoms with Crippen molar-refractivity contribution in [3.63, 3.8) is 0 Å². The van der Waals surface area contributed by atoms with E-state index in [4.69, 9.17) is 20.0 Å². The number of rotatable bonds is 5. The number of oxime groups is 1. The molecule has 1 aromatic carbocycles. The Morgan fingerprint density at radius 3 is 2.56 bits per heavy atom. The molecule has 0 radical (unpaired) electrons. The van der Waals surface area contributed by atoms with Crippen molar-refractivity contribution < 1.29 is 23.9 Å². The highest BCUT2D eigenvalue weighted by Gasteiger charge is 2.41. The van der Waals surface area contributed by atoms with Gasteiger partial charge in [-0.15, -0.1) is 0 Å². The first-order chi connectivity index (χ1) is 12.7. The Hall–Kier alpha value is -2.61. The number of benzene rings is 1. The van der Waals surface area contributed by atoms with Crippen LogP contribution in [0.4, 0.5) is 4.79 Å². The second-order valence-electron chi connectivity index (χ2n) is 7.35. The lowest BCUT2D eigenvalue weighted by atomic mass is 9.98. The van der Waals surface area contributed by atoms with E-state index in [0.29, 0.717) is 5.71 Å². The fourth-order valence-electron chi connectivity index (χ4n) is 2.74. The molecule has 1 aromatic rings. The molecule has 1 amide bonds. The molecule has 0 aliphatic carbocycles. The fraction of sp³-hybridized carbons (Fsp3) is 0.526. The summed E-state index contributed by atoms with van der Waals surface area (Å²) in [5.74, 6) is -1.04. The van der Waals surface area contributed by atoms with Crippen molar-refractivity contribution in [3.8, 4) is 0 Å². The third-order valence-electron chi connectivity index (χ3n) is 3.98. The minimum Gasteiger partial charge on any atom is -0.459 e. The van der Waals surface area contributed by atoms with Crippen LogP contribution in [-0.2, 0) is 25.7 Å². The Kier molecular flexibility index (Phi) is 6.79. The van der Waals surface area contributed by atoms with Gasteiger partial charge in [-0.1, -0.05) is 35.5 Å². The lowest BCUT2D eigenvalue weighted by Gasteiger charge is -2.24. The Morgan fingerprint density at radius 2 is 1.96 bits per heavy atom. The SMILES string of the molecule is CO/N=C1/CN(C(=O)OCc2ccccc2)CC1C(N)C(=O)OC(C)(C)C. The Balaban J connectivity index is 2.01. The van der Waals surface area contributed by atoms with E-state index in [9.17, 15) is 9.59 Å². The number of amides is 1. The third kappa shape index (κ3) is 5.96. The molecule has 2 atom stereocenters. The van der Waals surface area contributed by atoms with Gasteiger partial charge in [0.15, 0.2) is 0 Å². The van der Waals surface area contributed by atoms with E-state index < -0.39 is 29.6 Å². The first-order valence-corrected chi connectivity index (χ1v) is 8.75. The first-order valence-electron chi connectivity index (χ1n) is 8.75. The van der Waals surface area contributed by atoms with Crippen LogP contribution in [0.3, 0.4) is 0 Å². The highest BCUT2D eigenvalue weighted by molar-refractivity contribution is 5.97. The van der Waals surface area contributed by atoms with Crippen LogP contribution in [-0.4, -0.2) is 54.5 Å². The van der Waals surface area contributed by atoms with E-state index in [1.807, 2.05) is 30.3 Å². The number of nitrogens with two attached hydrogens (primary N) is 1. The van der Waals surface area contributed by atoms with Gasteiger partial charge in [-0.2, -0.15) is 0 Å². The molecule has 0 bridgehead atoms. The standard InChI is InChI=1S/C19H27N3O5/c1-19(2,3)27-17(23)16(20)14-10-22(11-15(14)21-25-4)18(24)26-12-13-8-6-5-7-9-13/h5-9,14,16H,10-12,20H2,1-4H3/b21-15-. The Bertz CT molecular complexity index is 684. The van der Waals surface area contributed by atoms with E-state index in [1.54, 1.807) is 20.8 Å². The average Bonchev–Trinajstić information content (AvgIpc) is 3.02. The minimum absolute atomic E-state index is 0.162. The van der Waals surface area contributed by atoms with Gasteiger partial charge in [0.1, 0.15) is 25.4 Å². The summed E-state index contributed by atoms with van der Waals surface area (Å²) in [6, 6.07) is 8.43. The van der Waals surface area contributed by atoms with Gasteiger partial charge in [-0.25, -0.2) is 4.79 Å². The second-order valence-corrected chi connectivity index (χ2v) is 7.35. The summed E-state index contributed by atoms with van der Waals surface area (Å²) in [4.78, 5) is 31.0. The van der Waals surface area contributed by atoms with Crippen LogP contribution in [0.2, 0.25) is 0 Å². The second kappa shape index (κ2) is 8.85. The smallest absolute Gasteiger partial charge is 0.410 e. The molecule has 0 spiro atoms. The summed E-state index contributed by atoms with van der Waals surface area (Å²) >= 11 is 0. The lowest BCUT2D eigenvalue weighted by molar-refractivity contribution is -0.157. The number of likely N-dealkylation sites (tertiary alicyclic amines) is 1. The van der Waals surface area contributed by atoms with Crippen molar-refractivity contribution in [2.45, 2.75) is 39.0 Å². The molecule has 1 aliphatic rings. The predicted octanol–water partition coefficient (Wildman–Crippen LogP) is 1.93. The maximum atomic E-state index is 12.4. The van der Waals surface area contributed by atoms with E-state index in [1.165, 1.54) is 12.0 Å². The van der Waals surface area contributed by atoms with E-state index in [-0.39, 0.29) is 19.7 Å². The van der Waals surface area contributed by atoms with Gasteiger partial charge < -0.3 is 24.9 Å². The molecule has 8 nitrogen and oxygen atoms in total. The van der Waals surface area contributed by atoms with Crippen LogP contribution in [0.1, 0.15) is 26.3 Å². The molecule has 1 aliphatic heterocycles. The molecule has 2 rings (SSSR count). The summed E-state index contributed by atoms with van der Waals surface area (Å²) in [5.41, 5.74) is 6.83. The van der Waals surface area contributed by atoms with Crippen LogP contribution in [0.15, 0.2) is 35.5 Å². The zero-order valence-corrected chi connectivity index (χ0v) is 16.2. The van der Waals surface area contributed by atoms with Crippen LogP contribution in [0.25, 0.3) is 0 Å². The van der Waals surface area contributed by atoms with Crippen molar-refractivity contribution in [3.05, 3.63) is 35.9 Å². The summed E-state index contributed by atoms with van der Waals surface area (Å²) in [7, 11) is 1.40. The number of carbonyl (C=O) groups excluding carboxylic acids is 2. The normalized spacial score (nSPS) is 19.7. The number of ether oxygens (including phenoxy) is 2. The summed E-state index contributed by atoms with van der Waals surface area (Å²) in [6.07, 6.45) is -0.499. The van der Waals surface area contributed by atoms with Gasteiger partial charge in [0, 0.05) is 12.5 Å². The van der Waals surface area contributed by atoms with E-state index in [2.05, 4.69) is 5.16 Å². The monoisotopic (exact) mass is 377 g/mol. The van der Waals surface area contributed by atoms with Crippen LogP contribution < -0.4 is 5.73 Å². The first kappa shape index (κ1) is 20.7. The zero-order valence-electron chi connectivity index (χ0n) is 16.2. The van der Waals surface area contributed by atoms with Crippen LogP contribution >= 0.6 is 0 Å². The molecule has 2 unspecified atom stereocenters.